The molecule has 4 aromatic carbocycles. The number of nitrogens with two attached hydrogens (primary N) is 1. The number of hydrogen-bond acceptors (Lipinski definition) is 2. The fourth-order valence-electron chi connectivity index (χ4n) is 4.94. The monoisotopic (exact) mass is 375 g/mol. The van der Waals surface area contributed by atoms with E-state index in [1.165, 1.54) is 33.4 Å². The summed E-state index contributed by atoms with van der Waals surface area (Å²) in [4.78, 5) is 0. The van der Waals surface area contributed by atoms with Crippen LogP contribution in [0.25, 0.3) is 44.2 Å². The molecule has 0 saturated carbocycles. The highest BCUT2D eigenvalue weighted by Crippen LogP contribution is 2.52. The van der Waals surface area contributed by atoms with E-state index in [0.29, 0.717) is 0 Å². The average molecular weight is 375 g/mol. The Morgan fingerprint density at radius 2 is 1.52 bits per heavy atom. The van der Waals surface area contributed by atoms with E-state index < -0.39 is 0 Å². The minimum atomic E-state index is -0.0699. The Labute approximate surface area is 169 Å². The van der Waals surface area contributed by atoms with Gasteiger partial charge in [0.1, 0.15) is 11.2 Å². The number of nitrogen functional groups attached to an aromatic ring is 1. The lowest BCUT2D eigenvalue weighted by molar-refractivity contribution is 0.661. The minimum Gasteiger partial charge on any atom is -0.456 e. The molecule has 1 aliphatic rings. The molecule has 0 aliphatic heterocycles. The summed E-state index contributed by atoms with van der Waals surface area (Å²) >= 11 is 0. The summed E-state index contributed by atoms with van der Waals surface area (Å²) in [6.45, 7) is 4.56. The molecule has 2 nitrogen and oxygen atoms in total. The number of benzene rings is 4. The molecule has 0 fully saturated rings. The number of rotatable bonds is 1. The number of fused-ring (bicyclic) bond motifs is 6. The molecule has 1 aliphatic carbocycles. The fraction of sp³-hybridized carbons (Fsp3) is 0.111. The van der Waals surface area contributed by atoms with E-state index in [4.69, 9.17) is 10.2 Å². The van der Waals surface area contributed by atoms with Crippen LogP contribution in [0.15, 0.2) is 83.3 Å². The Morgan fingerprint density at radius 1 is 0.690 bits per heavy atom. The molecular formula is C27H21NO. The largest absolute Gasteiger partial charge is 0.456 e. The van der Waals surface area contributed by atoms with Crippen molar-refractivity contribution in [2.24, 2.45) is 0 Å². The fourth-order valence-corrected chi connectivity index (χ4v) is 4.94. The van der Waals surface area contributed by atoms with Crippen LogP contribution in [0.4, 0.5) is 5.69 Å². The quantitative estimate of drug-likeness (QED) is 0.316. The Morgan fingerprint density at radius 3 is 2.41 bits per heavy atom. The molecule has 0 atom stereocenters. The SMILES string of the molecule is CC1(C)c2cc(N)ccc2-c2c(-c3ccc4c(c3)oc3ccccc34)cccc21. The summed E-state index contributed by atoms with van der Waals surface area (Å²) in [5, 5.41) is 2.32. The van der Waals surface area contributed by atoms with Crippen LogP contribution in [0.3, 0.4) is 0 Å². The van der Waals surface area contributed by atoms with Crippen molar-refractivity contribution in [3.05, 3.63) is 90.0 Å². The summed E-state index contributed by atoms with van der Waals surface area (Å²) < 4.78 is 6.14. The molecule has 2 N–H and O–H groups in total. The molecule has 0 unspecified atom stereocenters. The zero-order chi connectivity index (χ0) is 19.8. The van der Waals surface area contributed by atoms with Crippen molar-refractivity contribution in [1.29, 1.82) is 0 Å². The second kappa shape index (κ2) is 5.51. The highest BCUT2D eigenvalue weighted by molar-refractivity contribution is 6.06. The Balaban J connectivity index is 1.63. The van der Waals surface area contributed by atoms with E-state index in [1.807, 2.05) is 18.2 Å². The lowest BCUT2D eigenvalue weighted by Gasteiger charge is -2.21. The van der Waals surface area contributed by atoms with Gasteiger partial charge < -0.3 is 10.2 Å². The predicted octanol–water partition coefficient (Wildman–Crippen LogP) is 7.14. The van der Waals surface area contributed by atoms with E-state index in [0.717, 1.165) is 27.6 Å². The first kappa shape index (κ1) is 16.4. The maximum Gasteiger partial charge on any atom is 0.136 e. The van der Waals surface area contributed by atoms with Gasteiger partial charge in [0, 0.05) is 21.9 Å². The highest BCUT2D eigenvalue weighted by Gasteiger charge is 2.36. The van der Waals surface area contributed by atoms with Crippen molar-refractivity contribution in [3.8, 4) is 22.3 Å². The topological polar surface area (TPSA) is 39.2 Å². The molecule has 140 valence electrons. The molecule has 0 radical (unpaired) electrons. The van der Waals surface area contributed by atoms with Gasteiger partial charge in [-0.25, -0.2) is 0 Å². The molecule has 29 heavy (non-hydrogen) atoms. The van der Waals surface area contributed by atoms with Crippen LogP contribution in [-0.2, 0) is 5.41 Å². The maximum absolute atomic E-state index is 6.14. The molecule has 6 rings (SSSR count). The minimum absolute atomic E-state index is 0.0699. The van der Waals surface area contributed by atoms with E-state index in [1.54, 1.807) is 0 Å². The van der Waals surface area contributed by atoms with Crippen LogP contribution in [0.2, 0.25) is 0 Å². The highest BCUT2D eigenvalue weighted by atomic mass is 16.3. The average Bonchev–Trinajstić information content (AvgIpc) is 3.20. The van der Waals surface area contributed by atoms with E-state index >= 15 is 0 Å². The van der Waals surface area contributed by atoms with Crippen LogP contribution in [0.5, 0.6) is 0 Å². The summed E-state index contributed by atoms with van der Waals surface area (Å²) in [7, 11) is 0. The van der Waals surface area contributed by atoms with Gasteiger partial charge in [0.2, 0.25) is 0 Å². The van der Waals surface area contributed by atoms with Gasteiger partial charge >= 0.3 is 0 Å². The Hall–Kier alpha value is -3.52. The summed E-state index contributed by atoms with van der Waals surface area (Å²) in [5.41, 5.74) is 16.4. The third-order valence-electron chi connectivity index (χ3n) is 6.41. The second-order valence-corrected chi connectivity index (χ2v) is 8.47. The summed E-state index contributed by atoms with van der Waals surface area (Å²) in [6, 6.07) is 27.7. The normalized spacial score (nSPS) is 14.3. The van der Waals surface area contributed by atoms with Gasteiger partial charge in [0.15, 0.2) is 0 Å². The van der Waals surface area contributed by atoms with E-state index in [9.17, 15) is 0 Å². The van der Waals surface area contributed by atoms with Crippen molar-refractivity contribution < 1.29 is 4.42 Å². The number of hydrogen-bond donors (Lipinski definition) is 1. The Kier molecular flexibility index (Phi) is 3.12. The van der Waals surface area contributed by atoms with Gasteiger partial charge in [-0.1, -0.05) is 62.4 Å². The first-order chi connectivity index (χ1) is 14.0. The second-order valence-electron chi connectivity index (χ2n) is 8.47. The van der Waals surface area contributed by atoms with Crippen molar-refractivity contribution in [2.45, 2.75) is 19.3 Å². The van der Waals surface area contributed by atoms with Crippen molar-refractivity contribution in [2.75, 3.05) is 5.73 Å². The van der Waals surface area contributed by atoms with Crippen LogP contribution in [0, 0.1) is 0 Å². The van der Waals surface area contributed by atoms with E-state index in [-0.39, 0.29) is 5.41 Å². The molecule has 1 aromatic heterocycles. The van der Waals surface area contributed by atoms with Gasteiger partial charge in [0.25, 0.3) is 0 Å². The van der Waals surface area contributed by atoms with E-state index in [2.05, 4.69) is 74.5 Å². The van der Waals surface area contributed by atoms with Gasteiger partial charge in [-0.05, 0) is 63.7 Å². The van der Waals surface area contributed by atoms with Crippen molar-refractivity contribution in [3.63, 3.8) is 0 Å². The van der Waals surface area contributed by atoms with Crippen LogP contribution < -0.4 is 5.73 Å². The summed E-state index contributed by atoms with van der Waals surface area (Å²) in [5.74, 6) is 0. The standard InChI is InChI=1S/C27H21NO/c1-27(2)22-8-5-7-18(26(22)21-13-11-17(28)15-23(21)27)16-10-12-20-19-6-3-4-9-24(19)29-25(20)14-16/h3-15H,28H2,1-2H3. The van der Waals surface area contributed by atoms with Crippen LogP contribution >= 0.6 is 0 Å². The number of anilines is 1. The molecule has 0 bridgehead atoms. The molecule has 0 spiro atoms. The first-order valence-corrected chi connectivity index (χ1v) is 9.99. The molecule has 5 aromatic rings. The maximum atomic E-state index is 6.14. The van der Waals surface area contributed by atoms with Gasteiger partial charge in [-0.2, -0.15) is 0 Å². The molecule has 0 amide bonds. The Bertz CT molecular complexity index is 1440. The smallest absolute Gasteiger partial charge is 0.136 e. The lowest BCUT2D eigenvalue weighted by atomic mass is 9.82. The third-order valence-corrected chi connectivity index (χ3v) is 6.41. The van der Waals surface area contributed by atoms with Crippen LogP contribution in [-0.4, -0.2) is 0 Å². The van der Waals surface area contributed by atoms with Gasteiger partial charge in [-0.15, -0.1) is 0 Å². The molecule has 1 heterocycles. The zero-order valence-electron chi connectivity index (χ0n) is 16.5. The van der Waals surface area contributed by atoms with Crippen molar-refractivity contribution in [1.82, 2.24) is 0 Å². The summed E-state index contributed by atoms with van der Waals surface area (Å²) in [6.07, 6.45) is 0. The van der Waals surface area contributed by atoms with Gasteiger partial charge in [-0.3, -0.25) is 0 Å². The van der Waals surface area contributed by atoms with Crippen LogP contribution in [0.1, 0.15) is 25.0 Å². The number of furan rings is 1. The van der Waals surface area contributed by atoms with Gasteiger partial charge in [0.05, 0.1) is 0 Å². The molecule has 0 saturated heterocycles. The predicted molar refractivity (Wildman–Crippen MR) is 121 cm³/mol. The molecular weight excluding hydrogens is 354 g/mol. The van der Waals surface area contributed by atoms with Crippen molar-refractivity contribution >= 4 is 27.6 Å². The lowest BCUT2D eigenvalue weighted by Crippen LogP contribution is -2.15. The number of para-hydroxylation sites is 1. The third kappa shape index (κ3) is 2.17. The zero-order valence-corrected chi connectivity index (χ0v) is 16.5. The molecule has 2 heteroatoms. The first-order valence-electron chi connectivity index (χ1n) is 9.99.